The number of hydrogen-bond donors (Lipinski definition) is 1. The maximum Gasteiger partial charge on any atom is 0.0192 e. The van der Waals surface area contributed by atoms with Crippen molar-refractivity contribution >= 4 is 0 Å². The van der Waals surface area contributed by atoms with Crippen LogP contribution in [0.1, 0.15) is 39.2 Å². The molecule has 0 saturated heterocycles. The molecule has 0 bridgehead atoms. The van der Waals surface area contributed by atoms with E-state index < -0.39 is 0 Å². The Bertz CT molecular complexity index is 277. The second kappa shape index (κ2) is 5.32. The van der Waals surface area contributed by atoms with Crippen molar-refractivity contribution in [1.82, 2.24) is 0 Å². The van der Waals surface area contributed by atoms with E-state index in [-0.39, 0.29) is 5.54 Å². The Morgan fingerprint density at radius 2 is 1.87 bits per heavy atom. The van der Waals surface area contributed by atoms with Crippen LogP contribution in [0.5, 0.6) is 0 Å². The third-order valence-corrected chi connectivity index (χ3v) is 3.28. The maximum absolute atomic E-state index is 6.38. The molecule has 0 amide bonds. The Morgan fingerprint density at radius 3 is 2.40 bits per heavy atom. The van der Waals surface area contributed by atoms with E-state index >= 15 is 0 Å². The summed E-state index contributed by atoms with van der Waals surface area (Å²) in [5.41, 5.74) is 7.63. The standard InChI is InChI=1S/C14H23N/c1-4-8-12(2)14(3,15)11-13-9-6-5-7-10-13/h5-7,9-10,12H,4,8,11,15H2,1-3H3. The lowest BCUT2D eigenvalue weighted by atomic mass is 9.80. The lowest BCUT2D eigenvalue weighted by Gasteiger charge is -2.31. The van der Waals surface area contributed by atoms with Crippen molar-refractivity contribution in [3.63, 3.8) is 0 Å². The highest BCUT2D eigenvalue weighted by Crippen LogP contribution is 2.23. The van der Waals surface area contributed by atoms with Gasteiger partial charge in [-0.2, -0.15) is 0 Å². The number of hydrogen-bond acceptors (Lipinski definition) is 1. The zero-order chi connectivity index (χ0) is 11.3. The fraction of sp³-hybridized carbons (Fsp3) is 0.571. The summed E-state index contributed by atoms with van der Waals surface area (Å²) >= 11 is 0. The highest BCUT2D eigenvalue weighted by atomic mass is 14.7. The molecule has 2 unspecified atom stereocenters. The minimum Gasteiger partial charge on any atom is -0.325 e. The fourth-order valence-corrected chi connectivity index (χ4v) is 1.97. The molecule has 15 heavy (non-hydrogen) atoms. The van der Waals surface area contributed by atoms with Crippen molar-refractivity contribution in [2.24, 2.45) is 11.7 Å². The Hall–Kier alpha value is -0.820. The molecular weight excluding hydrogens is 182 g/mol. The van der Waals surface area contributed by atoms with Gasteiger partial charge in [0.25, 0.3) is 0 Å². The largest absolute Gasteiger partial charge is 0.325 e. The molecule has 1 aromatic carbocycles. The van der Waals surface area contributed by atoms with Gasteiger partial charge in [0.15, 0.2) is 0 Å². The van der Waals surface area contributed by atoms with E-state index in [1.165, 1.54) is 18.4 Å². The first-order valence-electron chi connectivity index (χ1n) is 5.89. The quantitative estimate of drug-likeness (QED) is 0.783. The van der Waals surface area contributed by atoms with E-state index in [2.05, 4.69) is 45.0 Å². The second-order valence-corrected chi connectivity index (χ2v) is 4.86. The van der Waals surface area contributed by atoms with Crippen LogP contribution < -0.4 is 5.73 Å². The average Bonchev–Trinajstić information content (AvgIpc) is 2.19. The Kier molecular flexibility index (Phi) is 4.34. The van der Waals surface area contributed by atoms with Gasteiger partial charge < -0.3 is 5.73 Å². The third-order valence-electron chi connectivity index (χ3n) is 3.28. The molecule has 0 spiro atoms. The molecule has 0 radical (unpaired) electrons. The molecule has 1 aromatic rings. The van der Waals surface area contributed by atoms with Crippen LogP contribution in [-0.2, 0) is 6.42 Å². The number of nitrogens with two attached hydrogens (primary N) is 1. The summed E-state index contributed by atoms with van der Waals surface area (Å²) in [6, 6.07) is 10.5. The second-order valence-electron chi connectivity index (χ2n) is 4.86. The molecule has 0 aliphatic heterocycles. The van der Waals surface area contributed by atoms with Crippen LogP contribution in [0.4, 0.5) is 0 Å². The summed E-state index contributed by atoms with van der Waals surface area (Å²) in [5.74, 6) is 0.572. The first-order chi connectivity index (χ1) is 7.06. The van der Waals surface area contributed by atoms with Gasteiger partial charge in [-0.15, -0.1) is 0 Å². The van der Waals surface area contributed by atoms with E-state index in [1.807, 2.05) is 6.07 Å². The van der Waals surface area contributed by atoms with Crippen LogP contribution in [0.2, 0.25) is 0 Å². The van der Waals surface area contributed by atoms with Crippen LogP contribution in [0.25, 0.3) is 0 Å². The monoisotopic (exact) mass is 205 g/mol. The first kappa shape index (κ1) is 12.3. The van der Waals surface area contributed by atoms with Crippen molar-refractivity contribution in [3.8, 4) is 0 Å². The van der Waals surface area contributed by atoms with Crippen LogP contribution in [-0.4, -0.2) is 5.54 Å². The molecule has 0 aliphatic carbocycles. The molecule has 84 valence electrons. The molecule has 0 aliphatic rings. The van der Waals surface area contributed by atoms with Crippen molar-refractivity contribution in [1.29, 1.82) is 0 Å². The van der Waals surface area contributed by atoms with Gasteiger partial charge in [-0.05, 0) is 31.2 Å². The van der Waals surface area contributed by atoms with E-state index in [4.69, 9.17) is 5.73 Å². The molecule has 0 fully saturated rings. The number of benzene rings is 1. The highest BCUT2D eigenvalue weighted by molar-refractivity contribution is 5.17. The Morgan fingerprint density at radius 1 is 1.27 bits per heavy atom. The van der Waals surface area contributed by atoms with Gasteiger partial charge in [0.05, 0.1) is 0 Å². The molecule has 0 heterocycles. The SMILES string of the molecule is CCCC(C)C(C)(N)Cc1ccccc1. The summed E-state index contributed by atoms with van der Waals surface area (Å²) in [6.07, 6.45) is 3.39. The van der Waals surface area contributed by atoms with Gasteiger partial charge in [0.2, 0.25) is 0 Å². The van der Waals surface area contributed by atoms with Crippen molar-refractivity contribution < 1.29 is 0 Å². The maximum atomic E-state index is 6.38. The van der Waals surface area contributed by atoms with Gasteiger partial charge in [0, 0.05) is 5.54 Å². The first-order valence-corrected chi connectivity index (χ1v) is 5.89. The molecule has 0 aromatic heterocycles. The van der Waals surface area contributed by atoms with Gasteiger partial charge in [0.1, 0.15) is 0 Å². The fourth-order valence-electron chi connectivity index (χ4n) is 1.97. The summed E-state index contributed by atoms with van der Waals surface area (Å²) in [4.78, 5) is 0. The number of rotatable bonds is 5. The summed E-state index contributed by atoms with van der Waals surface area (Å²) < 4.78 is 0. The predicted octanol–water partition coefficient (Wildman–Crippen LogP) is 3.38. The summed E-state index contributed by atoms with van der Waals surface area (Å²) in [6.45, 7) is 6.64. The predicted molar refractivity (Wildman–Crippen MR) is 66.8 cm³/mol. The Labute approximate surface area is 93.7 Å². The molecule has 1 nitrogen and oxygen atoms in total. The van der Waals surface area contributed by atoms with Crippen LogP contribution in [0.3, 0.4) is 0 Å². The summed E-state index contributed by atoms with van der Waals surface area (Å²) in [5, 5.41) is 0. The molecule has 1 rings (SSSR count). The lowest BCUT2D eigenvalue weighted by molar-refractivity contribution is 0.295. The van der Waals surface area contributed by atoms with Crippen molar-refractivity contribution in [2.75, 3.05) is 0 Å². The molecule has 2 N–H and O–H groups in total. The van der Waals surface area contributed by atoms with E-state index in [0.29, 0.717) is 5.92 Å². The van der Waals surface area contributed by atoms with Gasteiger partial charge in [-0.3, -0.25) is 0 Å². The minimum absolute atomic E-state index is 0.0859. The van der Waals surface area contributed by atoms with Crippen molar-refractivity contribution in [3.05, 3.63) is 35.9 Å². The van der Waals surface area contributed by atoms with E-state index in [9.17, 15) is 0 Å². The van der Waals surface area contributed by atoms with E-state index in [0.717, 1.165) is 6.42 Å². The van der Waals surface area contributed by atoms with Gasteiger partial charge in [-0.1, -0.05) is 50.6 Å². The molecule has 2 atom stereocenters. The normalized spacial score (nSPS) is 17.1. The topological polar surface area (TPSA) is 26.0 Å². The smallest absolute Gasteiger partial charge is 0.0192 e. The van der Waals surface area contributed by atoms with E-state index in [1.54, 1.807) is 0 Å². The van der Waals surface area contributed by atoms with Gasteiger partial charge >= 0.3 is 0 Å². The molecular formula is C14H23N. The minimum atomic E-state index is -0.0859. The van der Waals surface area contributed by atoms with Crippen LogP contribution in [0, 0.1) is 5.92 Å². The average molecular weight is 205 g/mol. The van der Waals surface area contributed by atoms with Crippen LogP contribution in [0.15, 0.2) is 30.3 Å². The van der Waals surface area contributed by atoms with Crippen molar-refractivity contribution in [2.45, 2.75) is 45.6 Å². The zero-order valence-corrected chi connectivity index (χ0v) is 10.2. The van der Waals surface area contributed by atoms with Gasteiger partial charge in [-0.25, -0.2) is 0 Å². The summed E-state index contributed by atoms with van der Waals surface area (Å²) in [7, 11) is 0. The Balaban J connectivity index is 2.63. The van der Waals surface area contributed by atoms with Crippen LogP contribution >= 0.6 is 0 Å². The highest BCUT2D eigenvalue weighted by Gasteiger charge is 2.25. The molecule has 0 saturated carbocycles. The lowest BCUT2D eigenvalue weighted by Crippen LogP contribution is -2.45. The zero-order valence-electron chi connectivity index (χ0n) is 10.2. The molecule has 1 heteroatoms. The third kappa shape index (κ3) is 3.67.